The van der Waals surface area contributed by atoms with Crippen LogP contribution in [0.2, 0.25) is 0 Å². The van der Waals surface area contributed by atoms with Gasteiger partial charge >= 0.3 is 5.97 Å². The minimum absolute atomic E-state index is 0.0332. The number of carbonyl (C=O) groups excluding carboxylic acids is 1. The molecule has 1 aliphatic heterocycles. The van der Waals surface area contributed by atoms with E-state index in [4.69, 9.17) is 14.2 Å². The topological polar surface area (TPSA) is 186 Å². The van der Waals surface area contributed by atoms with Gasteiger partial charge in [0.15, 0.2) is 6.29 Å². The Labute approximate surface area is 319 Å². The Kier molecular flexibility index (Phi) is 10.3. The van der Waals surface area contributed by atoms with Crippen LogP contribution in [0.25, 0.3) is 0 Å². The first-order valence-corrected chi connectivity index (χ1v) is 20.2. The second-order valence-electron chi connectivity index (χ2n) is 19.6. The lowest BCUT2D eigenvalue weighted by Gasteiger charge is -2.72. The summed E-state index contributed by atoms with van der Waals surface area (Å²) in [6, 6.07) is 8.97. The smallest absolute Gasteiger partial charge is 0.338 e. The molecule has 7 N–H and O–H groups in total. The molecule has 11 heteroatoms. The molecule has 5 aliphatic carbocycles. The van der Waals surface area contributed by atoms with Crippen LogP contribution in [0.5, 0.6) is 0 Å². The number of benzene rings is 1. The second-order valence-corrected chi connectivity index (χ2v) is 19.6. The summed E-state index contributed by atoms with van der Waals surface area (Å²) in [6.45, 7) is 12.4. The molecule has 6 aliphatic rings. The zero-order chi connectivity index (χ0) is 39.2. The third-order valence-electron chi connectivity index (χ3n) is 16.8. The average Bonchev–Trinajstić information content (AvgIpc) is 3.14. The summed E-state index contributed by atoms with van der Waals surface area (Å²) in [5, 5.41) is 75.5. The van der Waals surface area contributed by atoms with Crippen LogP contribution >= 0.6 is 0 Å². The lowest BCUT2D eigenvalue weighted by molar-refractivity contribution is -0.333. The summed E-state index contributed by atoms with van der Waals surface area (Å²) >= 11 is 0. The van der Waals surface area contributed by atoms with E-state index in [1.807, 2.05) is 25.1 Å². The van der Waals surface area contributed by atoms with Gasteiger partial charge in [0.2, 0.25) is 0 Å². The largest absolute Gasteiger partial charge is 0.458 e. The average molecular weight is 757 g/mol. The molecule has 54 heavy (non-hydrogen) atoms. The lowest BCUT2D eigenvalue weighted by atomic mass is 9.33. The molecule has 302 valence electrons. The van der Waals surface area contributed by atoms with Gasteiger partial charge in [0.05, 0.1) is 37.6 Å². The third kappa shape index (κ3) is 5.73. The van der Waals surface area contributed by atoms with E-state index in [0.29, 0.717) is 31.2 Å². The zero-order valence-corrected chi connectivity index (χ0v) is 32.9. The molecule has 0 spiro atoms. The van der Waals surface area contributed by atoms with Crippen LogP contribution in [0, 0.1) is 50.2 Å². The normalized spacial score (nSPS) is 49.7. The SMILES string of the molecule is CC1(C)CC2C3=CCC4C5(C)CCC(OC6OC(CO)C(O)C(O)C6O)C(C)(CO)C5CCC4(C)C3(C)CC(OC(=O)c3ccccc3)C2(CO)CC1O. The minimum Gasteiger partial charge on any atom is -0.458 e. The molecule has 4 saturated carbocycles. The van der Waals surface area contributed by atoms with Gasteiger partial charge in [-0.3, -0.25) is 0 Å². The fourth-order valence-electron chi connectivity index (χ4n) is 13.2. The molecular formula is C43H64O11. The van der Waals surface area contributed by atoms with Crippen LogP contribution in [0.15, 0.2) is 42.0 Å². The Morgan fingerprint density at radius 2 is 1.52 bits per heavy atom. The van der Waals surface area contributed by atoms with Crippen LogP contribution in [0.3, 0.4) is 0 Å². The molecule has 1 aromatic carbocycles. The molecule has 7 rings (SSSR count). The van der Waals surface area contributed by atoms with Gasteiger partial charge in [0.25, 0.3) is 0 Å². The summed E-state index contributed by atoms with van der Waals surface area (Å²) in [5.74, 6) is -0.286. The van der Waals surface area contributed by atoms with Crippen LogP contribution in [-0.4, -0.2) is 111 Å². The van der Waals surface area contributed by atoms with Crippen LogP contribution in [0.4, 0.5) is 0 Å². The van der Waals surface area contributed by atoms with E-state index < -0.39 is 83.3 Å². The van der Waals surface area contributed by atoms with E-state index in [0.717, 1.165) is 25.7 Å². The van der Waals surface area contributed by atoms with Crippen LogP contribution in [0.1, 0.15) is 103 Å². The molecule has 0 bridgehead atoms. The van der Waals surface area contributed by atoms with Crippen LogP contribution in [-0.2, 0) is 14.2 Å². The molecular weight excluding hydrogens is 692 g/mol. The van der Waals surface area contributed by atoms with Crippen molar-refractivity contribution < 1.29 is 54.8 Å². The predicted octanol–water partition coefficient (Wildman–Crippen LogP) is 3.74. The Bertz CT molecular complexity index is 1580. The molecule has 0 amide bonds. The van der Waals surface area contributed by atoms with Gasteiger partial charge in [-0.1, -0.05) is 71.4 Å². The van der Waals surface area contributed by atoms with E-state index in [1.165, 1.54) is 5.57 Å². The Balaban J connectivity index is 1.24. The van der Waals surface area contributed by atoms with Crippen molar-refractivity contribution in [2.45, 2.75) is 142 Å². The maximum absolute atomic E-state index is 13.8. The fraction of sp³-hybridized carbons (Fsp3) is 0.791. The van der Waals surface area contributed by atoms with Crippen molar-refractivity contribution in [3.8, 4) is 0 Å². The molecule has 1 heterocycles. The van der Waals surface area contributed by atoms with Crippen molar-refractivity contribution in [2.24, 2.45) is 50.2 Å². The zero-order valence-electron chi connectivity index (χ0n) is 32.9. The number of aliphatic hydroxyl groups is 7. The van der Waals surface area contributed by atoms with E-state index in [9.17, 15) is 40.5 Å². The highest BCUT2D eigenvalue weighted by molar-refractivity contribution is 5.89. The Morgan fingerprint density at radius 1 is 0.815 bits per heavy atom. The maximum Gasteiger partial charge on any atom is 0.338 e. The van der Waals surface area contributed by atoms with Gasteiger partial charge in [-0.15, -0.1) is 0 Å². The summed E-state index contributed by atoms with van der Waals surface area (Å²) in [7, 11) is 0. The van der Waals surface area contributed by atoms with Gasteiger partial charge in [0.1, 0.15) is 30.5 Å². The molecule has 1 aromatic rings. The number of aliphatic hydroxyl groups excluding tert-OH is 7. The van der Waals surface area contributed by atoms with Gasteiger partial charge < -0.3 is 50.0 Å². The fourth-order valence-corrected chi connectivity index (χ4v) is 13.2. The predicted molar refractivity (Wildman–Crippen MR) is 199 cm³/mol. The third-order valence-corrected chi connectivity index (χ3v) is 16.8. The van der Waals surface area contributed by atoms with Crippen molar-refractivity contribution >= 4 is 5.97 Å². The number of allylic oxidation sites excluding steroid dienone is 2. The number of fused-ring (bicyclic) bond motifs is 7. The number of hydrogen-bond acceptors (Lipinski definition) is 11. The highest BCUT2D eigenvalue weighted by Gasteiger charge is 2.71. The first kappa shape index (κ1) is 40.3. The number of esters is 1. The highest BCUT2D eigenvalue weighted by Crippen LogP contribution is 2.76. The number of ether oxygens (including phenoxy) is 3. The Morgan fingerprint density at radius 3 is 2.17 bits per heavy atom. The monoisotopic (exact) mass is 756 g/mol. The van der Waals surface area contributed by atoms with Crippen molar-refractivity contribution in [1.82, 2.24) is 0 Å². The van der Waals surface area contributed by atoms with E-state index >= 15 is 0 Å². The standard InChI is InChI=1S/C43H64O11/c1-38(2)18-26-25-12-13-29-39(3)16-15-31(54-37-35(50)34(49)33(48)27(21-44)52-37)40(4,22-45)28(39)14-17-41(29,5)42(25,6)20-32(43(26,23-46)19-30(38)47)53-36(51)24-10-8-7-9-11-24/h7-12,26-35,37,44-50H,13-23H2,1-6H3. The molecule has 0 aromatic heterocycles. The maximum atomic E-state index is 13.8. The lowest BCUT2D eigenvalue weighted by Crippen LogP contribution is -2.69. The molecule has 5 fully saturated rings. The van der Waals surface area contributed by atoms with Gasteiger partial charge in [-0.2, -0.15) is 0 Å². The quantitative estimate of drug-likeness (QED) is 0.122. The van der Waals surface area contributed by atoms with Gasteiger partial charge in [-0.25, -0.2) is 4.79 Å². The Hall–Kier alpha value is -1.93. The van der Waals surface area contributed by atoms with E-state index in [-0.39, 0.29) is 41.8 Å². The second kappa shape index (κ2) is 13.9. The van der Waals surface area contributed by atoms with Gasteiger partial charge in [0, 0.05) is 10.8 Å². The van der Waals surface area contributed by atoms with Gasteiger partial charge in [-0.05, 0) is 103 Å². The van der Waals surface area contributed by atoms with Crippen molar-refractivity contribution in [3.05, 3.63) is 47.5 Å². The molecule has 1 saturated heterocycles. The first-order chi connectivity index (χ1) is 25.4. The number of hydrogen-bond donors (Lipinski definition) is 7. The molecule has 16 atom stereocenters. The van der Waals surface area contributed by atoms with Crippen LogP contribution < -0.4 is 0 Å². The number of carbonyl (C=O) groups is 1. The van der Waals surface area contributed by atoms with E-state index in [1.54, 1.807) is 12.1 Å². The van der Waals surface area contributed by atoms with Crippen molar-refractivity contribution in [1.29, 1.82) is 0 Å². The summed E-state index contributed by atoms with van der Waals surface area (Å²) < 4.78 is 18.7. The minimum atomic E-state index is -1.55. The highest BCUT2D eigenvalue weighted by atomic mass is 16.7. The summed E-state index contributed by atoms with van der Waals surface area (Å²) in [5.41, 5.74) is -1.05. The molecule has 16 unspecified atom stereocenters. The number of rotatable bonds is 7. The molecule has 0 radical (unpaired) electrons. The van der Waals surface area contributed by atoms with Crippen molar-refractivity contribution in [3.63, 3.8) is 0 Å². The summed E-state index contributed by atoms with van der Waals surface area (Å²) in [4.78, 5) is 13.8. The first-order valence-electron chi connectivity index (χ1n) is 20.2. The van der Waals surface area contributed by atoms with E-state index in [2.05, 4.69) is 40.7 Å². The van der Waals surface area contributed by atoms with Crippen molar-refractivity contribution in [2.75, 3.05) is 19.8 Å². The summed E-state index contributed by atoms with van der Waals surface area (Å²) in [6.07, 6.45) is -0.979. The molecule has 11 nitrogen and oxygen atoms in total.